The quantitative estimate of drug-likeness (QED) is 0.898. The minimum atomic E-state index is -0.166. The number of rotatable bonds is 3. The monoisotopic (exact) mass is 290 g/mol. The predicted octanol–water partition coefficient (Wildman–Crippen LogP) is 2.43. The molecular weight excluding hydrogens is 267 g/mol. The smallest absolute Gasteiger partial charge is 0.225 e. The maximum Gasteiger partial charge on any atom is 0.225 e. The first-order chi connectivity index (χ1) is 9.97. The number of carbonyl (C=O) groups is 1. The first kappa shape index (κ1) is 14.5. The summed E-state index contributed by atoms with van der Waals surface area (Å²) in [6.45, 7) is 3.94. The van der Waals surface area contributed by atoms with Crippen molar-refractivity contribution >= 4 is 5.91 Å². The Morgan fingerprint density at radius 1 is 1.29 bits per heavy atom. The van der Waals surface area contributed by atoms with Crippen LogP contribution in [0.2, 0.25) is 0 Å². The van der Waals surface area contributed by atoms with Crippen molar-refractivity contribution in [3.8, 4) is 0 Å². The molecule has 0 spiro atoms. The highest BCUT2D eigenvalue weighted by atomic mass is 19.1. The number of fused-ring (bicyclic) bond motifs is 2. The van der Waals surface area contributed by atoms with Crippen molar-refractivity contribution in [1.82, 2.24) is 5.32 Å². The first-order valence-electron chi connectivity index (χ1n) is 7.76. The second-order valence-electron chi connectivity index (χ2n) is 6.70. The van der Waals surface area contributed by atoms with E-state index in [1.807, 2.05) is 0 Å². The molecule has 0 heterocycles. The van der Waals surface area contributed by atoms with Gasteiger partial charge in [-0.3, -0.25) is 4.79 Å². The molecule has 3 rings (SSSR count). The maximum atomic E-state index is 13.6. The molecular formula is C17H23FN2O. The van der Waals surface area contributed by atoms with Crippen LogP contribution in [0.1, 0.15) is 36.0 Å². The normalized spacial score (nSPS) is 30.7. The predicted molar refractivity (Wildman–Crippen MR) is 80.0 cm³/mol. The molecule has 0 aromatic heterocycles. The Balaban J connectivity index is 1.64. The zero-order chi connectivity index (χ0) is 15.1. The number of carbonyl (C=O) groups excluding carboxylic acids is 1. The fraction of sp³-hybridized carbons (Fsp3) is 0.588. The number of hydrogen-bond acceptors (Lipinski definition) is 2. The van der Waals surface area contributed by atoms with Gasteiger partial charge in [0.05, 0.1) is 5.92 Å². The summed E-state index contributed by atoms with van der Waals surface area (Å²) in [5.74, 6) is 0.851. The van der Waals surface area contributed by atoms with E-state index in [1.54, 1.807) is 26.0 Å². The van der Waals surface area contributed by atoms with Gasteiger partial charge in [0, 0.05) is 12.6 Å². The van der Waals surface area contributed by atoms with Crippen molar-refractivity contribution in [2.45, 2.75) is 45.7 Å². The van der Waals surface area contributed by atoms with Crippen molar-refractivity contribution in [2.24, 2.45) is 23.5 Å². The third-order valence-electron chi connectivity index (χ3n) is 5.25. The SMILES string of the molecule is Cc1cc(CNC(=O)C2C3CCC(C3)C2N)cc(C)c1F. The van der Waals surface area contributed by atoms with Gasteiger partial charge in [0.2, 0.25) is 5.91 Å². The zero-order valence-electron chi connectivity index (χ0n) is 12.7. The average molecular weight is 290 g/mol. The Kier molecular flexibility index (Phi) is 3.74. The topological polar surface area (TPSA) is 55.1 Å². The van der Waals surface area contributed by atoms with Gasteiger partial charge in [0.25, 0.3) is 0 Å². The van der Waals surface area contributed by atoms with Crippen LogP contribution in [0.15, 0.2) is 12.1 Å². The molecule has 0 saturated heterocycles. The summed E-state index contributed by atoms with van der Waals surface area (Å²) in [6.07, 6.45) is 3.41. The van der Waals surface area contributed by atoms with Crippen LogP contribution in [0.25, 0.3) is 0 Å². The van der Waals surface area contributed by atoms with Crippen molar-refractivity contribution in [3.05, 3.63) is 34.6 Å². The molecule has 4 unspecified atom stereocenters. The standard InChI is InChI=1S/C17H23FN2O/c1-9-5-11(6-10(2)15(9)18)8-20-17(21)14-12-3-4-13(7-12)16(14)19/h5-6,12-14,16H,3-4,7-8,19H2,1-2H3,(H,20,21). The summed E-state index contributed by atoms with van der Waals surface area (Å²) in [5, 5.41) is 2.99. The highest BCUT2D eigenvalue weighted by Crippen LogP contribution is 2.47. The number of benzene rings is 1. The van der Waals surface area contributed by atoms with Gasteiger partial charge >= 0.3 is 0 Å². The van der Waals surface area contributed by atoms with E-state index >= 15 is 0 Å². The molecule has 2 saturated carbocycles. The van der Waals surface area contributed by atoms with Crippen LogP contribution in [-0.2, 0) is 11.3 Å². The molecule has 1 aromatic carbocycles. The van der Waals surface area contributed by atoms with Gasteiger partial charge in [-0.2, -0.15) is 0 Å². The van der Waals surface area contributed by atoms with Gasteiger partial charge in [-0.25, -0.2) is 4.39 Å². The molecule has 4 heteroatoms. The van der Waals surface area contributed by atoms with Crippen LogP contribution in [0, 0.1) is 37.4 Å². The lowest BCUT2D eigenvalue weighted by Gasteiger charge is -2.27. The molecule has 114 valence electrons. The van der Waals surface area contributed by atoms with E-state index in [2.05, 4.69) is 5.32 Å². The number of hydrogen-bond donors (Lipinski definition) is 2. The molecule has 2 bridgehead atoms. The Morgan fingerprint density at radius 2 is 1.90 bits per heavy atom. The lowest BCUT2D eigenvalue weighted by Crippen LogP contribution is -2.45. The molecule has 2 aliphatic rings. The summed E-state index contributed by atoms with van der Waals surface area (Å²) < 4.78 is 13.6. The minimum absolute atomic E-state index is 0.0143. The highest BCUT2D eigenvalue weighted by molar-refractivity contribution is 5.80. The molecule has 0 aliphatic heterocycles. The maximum absolute atomic E-state index is 13.6. The number of halogens is 1. The summed E-state index contributed by atoms with van der Waals surface area (Å²) in [6, 6.07) is 3.60. The van der Waals surface area contributed by atoms with Crippen LogP contribution in [0.3, 0.4) is 0 Å². The van der Waals surface area contributed by atoms with E-state index in [9.17, 15) is 9.18 Å². The van der Waals surface area contributed by atoms with Crippen molar-refractivity contribution in [3.63, 3.8) is 0 Å². The Hall–Kier alpha value is -1.42. The third-order valence-corrected chi connectivity index (χ3v) is 5.25. The number of nitrogens with two attached hydrogens (primary N) is 1. The molecule has 3 nitrogen and oxygen atoms in total. The molecule has 0 radical (unpaired) electrons. The summed E-state index contributed by atoms with van der Waals surface area (Å²) >= 11 is 0. The molecule has 3 N–H and O–H groups in total. The second-order valence-corrected chi connectivity index (χ2v) is 6.70. The second kappa shape index (κ2) is 5.41. The van der Waals surface area contributed by atoms with Crippen molar-refractivity contribution < 1.29 is 9.18 Å². The van der Waals surface area contributed by atoms with Gasteiger partial charge in [0.1, 0.15) is 5.82 Å². The van der Waals surface area contributed by atoms with E-state index in [1.165, 1.54) is 6.42 Å². The molecule has 1 amide bonds. The minimum Gasteiger partial charge on any atom is -0.352 e. The number of nitrogens with one attached hydrogen (secondary N) is 1. The Labute approximate surface area is 125 Å². The van der Waals surface area contributed by atoms with Gasteiger partial charge < -0.3 is 11.1 Å². The average Bonchev–Trinajstić information content (AvgIpc) is 3.02. The summed E-state index contributed by atoms with van der Waals surface area (Å²) in [7, 11) is 0. The number of aryl methyl sites for hydroxylation is 2. The third kappa shape index (κ3) is 2.57. The van der Waals surface area contributed by atoms with Gasteiger partial charge in [-0.15, -0.1) is 0 Å². The highest BCUT2D eigenvalue weighted by Gasteiger charge is 2.48. The van der Waals surface area contributed by atoms with Crippen LogP contribution in [0.4, 0.5) is 4.39 Å². The Morgan fingerprint density at radius 3 is 2.48 bits per heavy atom. The van der Waals surface area contributed by atoms with Crippen LogP contribution in [0.5, 0.6) is 0 Å². The van der Waals surface area contributed by atoms with E-state index in [4.69, 9.17) is 5.73 Å². The van der Waals surface area contributed by atoms with Crippen molar-refractivity contribution in [1.29, 1.82) is 0 Å². The van der Waals surface area contributed by atoms with Crippen molar-refractivity contribution in [2.75, 3.05) is 0 Å². The molecule has 4 atom stereocenters. The van der Waals surface area contributed by atoms with Gasteiger partial charge in [-0.05, 0) is 61.6 Å². The zero-order valence-corrected chi connectivity index (χ0v) is 12.7. The lowest BCUT2D eigenvalue weighted by molar-refractivity contribution is -0.127. The summed E-state index contributed by atoms with van der Waals surface area (Å²) in [4.78, 5) is 12.4. The van der Waals surface area contributed by atoms with Gasteiger partial charge in [0.15, 0.2) is 0 Å². The fourth-order valence-electron chi connectivity index (χ4n) is 4.17. The fourth-order valence-corrected chi connectivity index (χ4v) is 4.17. The molecule has 2 aliphatic carbocycles. The van der Waals surface area contributed by atoms with Gasteiger partial charge in [-0.1, -0.05) is 12.1 Å². The van der Waals surface area contributed by atoms with E-state index in [-0.39, 0.29) is 23.7 Å². The van der Waals surface area contributed by atoms with Crippen LogP contribution < -0.4 is 11.1 Å². The number of amides is 1. The lowest BCUT2D eigenvalue weighted by atomic mass is 9.84. The molecule has 2 fully saturated rings. The molecule has 1 aromatic rings. The van der Waals surface area contributed by atoms with E-state index < -0.39 is 0 Å². The largest absolute Gasteiger partial charge is 0.352 e. The Bertz CT molecular complexity index is 547. The molecule has 21 heavy (non-hydrogen) atoms. The van der Waals surface area contributed by atoms with E-state index in [0.29, 0.717) is 29.5 Å². The van der Waals surface area contributed by atoms with E-state index in [0.717, 1.165) is 18.4 Å². The van der Waals surface area contributed by atoms with Crippen LogP contribution >= 0.6 is 0 Å². The summed E-state index contributed by atoms with van der Waals surface area (Å²) in [5.41, 5.74) is 8.38. The first-order valence-corrected chi connectivity index (χ1v) is 7.76. The van der Waals surface area contributed by atoms with Crippen LogP contribution in [-0.4, -0.2) is 11.9 Å².